The molecule has 1 amide bonds. The minimum absolute atomic E-state index is 0.341. The van der Waals surface area contributed by atoms with E-state index in [2.05, 4.69) is 11.4 Å². The van der Waals surface area contributed by atoms with E-state index in [1.165, 1.54) is 18.2 Å². The molecule has 0 radical (unpaired) electrons. The van der Waals surface area contributed by atoms with Gasteiger partial charge >= 0.3 is 6.09 Å². The Bertz CT molecular complexity index is 581. The van der Waals surface area contributed by atoms with Crippen LogP contribution in [-0.2, 0) is 10.2 Å². The standard InChI is InChI=1S/C15H17FN2O2/c1-14(2,3)20-13(19)18-10-4-5-12(16)11(8-10)15(9-17)6-7-15/h4-5,8H,6-7H2,1-3H3,(H,18,19). The Kier molecular flexibility index (Phi) is 3.43. The van der Waals surface area contributed by atoms with Crippen LogP contribution < -0.4 is 5.32 Å². The second-order valence-electron chi connectivity index (χ2n) is 6.02. The number of hydrogen-bond acceptors (Lipinski definition) is 3. The molecule has 0 unspecified atom stereocenters. The van der Waals surface area contributed by atoms with Crippen LogP contribution in [0.15, 0.2) is 18.2 Å². The third-order valence-corrected chi connectivity index (χ3v) is 3.09. The molecule has 1 saturated carbocycles. The van der Waals surface area contributed by atoms with Gasteiger partial charge < -0.3 is 4.74 Å². The summed E-state index contributed by atoms with van der Waals surface area (Å²) < 4.78 is 18.9. The lowest BCUT2D eigenvalue weighted by atomic mass is 9.96. The maximum absolute atomic E-state index is 13.8. The van der Waals surface area contributed by atoms with E-state index >= 15 is 0 Å². The topological polar surface area (TPSA) is 62.1 Å². The summed E-state index contributed by atoms with van der Waals surface area (Å²) >= 11 is 0. The second-order valence-corrected chi connectivity index (χ2v) is 6.02. The number of carbonyl (C=O) groups excluding carboxylic acids is 1. The van der Waals surface area contributed by atoms with E-state index in [0.717, 1.165) is 0 Å². The summed E-state index contributed by atoms with van der Waals surface area (Å²) in [6, 6.07) is 6.37. The van der Waals surface area contributed by atoms with Gasteiger partial charge in [-0.1, -0.05) is 0 Å². The summed E-state index contributed by atoms with van der Waals surface area (Å²) in [4.78, 5) is 11.7. The van der Waals surface area contributed by atoms with Gasteiger partial charge in [0.15, 0.2) is 0 Å². The first-order chi connectivity index (χ1) is 9.26. The Morgan fingerprint density at radius 2 is 2.10 bits per heavy atom. The van der Waals surface area contributed by atoms with Gasteiger partial charge in [0.1, 0.15) is 11.4 Å². The van der Waals surface area contributed by atoms with E-state index in [-0.39, 0.29) is 0 Å². The van der Waals surface area contributed by atoms with Gasteiger partial charge in [-0.25, -0.2) is 9.18 Å². The molecule has 106 valence electrons. The average molecular weight is 276 g/mol. The van der Waals surface area contributed by atoms with Gasteiger partial charge in [-0.2, -0.15) is 5.26 Å². The first-order valence-corrected chi connectivity index (χ1v) is 6.47. The van der Waals surface area contributed by atoms with Crippen molar-refractivity contribution in [3.63, 3.8) is 0 Å². The Hall–Kier alpha value is -2.09. The van der Waals surface area contributed by atoms with E-state index < -0.39 is 22.9 Å². The summed E-state index contributed by atoms with van der Waals surface area (Å²) in [5, 5.41) is 11.7. The molecule has 0 saturated heterocycles. The molecule has 0 aliphatic heterocycles. The summed E-state index contributed by atoms with van der Waals surface area (Å²) in [6.07, 6.45) is 0.698. The highest BCUT2D eigenvalue weighted by molar-refractivity contribution is 5.85. The van der Waals surface area contributed by atoms with Crippen molar-refractivity contribution in [2.45, 2.75) is 44.6 Å². The van der Waals surface area contributed by atoms with Gasteiger partial charge in [-0.3, -0.25) is 5.32 Å². The maximum Gasteiger partial charge on any atom is 0.412 e. The Morgan fingerprint density at radius 3 is 2.60 bits per heavy atom. The van der Waals surface area contributed by atoms with Gasteiger partial charge in [-0.15, -0.1) is 0 Å². The first kappa shape index (κ1) is 14.3. The smallest absolute Gasteiger partial charge is 0.412 e. The van der Waals surface area contributed by atoms with Crippen molar-refractivity contribution < 1.29 is 13.9 Å². The van der Waals surface area contributed by atoms with Gasteiger partial charge in [0.25, 0.3) is 0 Å². The summed E-state index contributed by atoms with van der Waals surface area (Å²) in [7, 11) is 0. The molecule has 2 rings (SSSR count). The lowest BCUT2D eigenvalue weighted by Crippen LogP contribution is -2.27. The minimum atomic E-state index is -0.726. The van der Waals surface area contributed by atoms with Crippen molar-refractivity contribution in [1.82, 2.24) is 0 Å². The highest BCUT2D eigenvalue weighted by Crippen LogP contribution is 2.48. The van der Waals surface area contributed by atoms with Crippen LogP contribution in [0.25, 0.3) is 0 Å². The molecule has 1 fully saturated rings. The molecular formula is C15H17FN2O2. The van der Waals surface area contributed by atoms with E-state index in [0.29, 0.717) is 24.1 Å². The quantitative estimate of drug-likeness (QED) is 0.895. The van der Waals surface area contributed by atoms with E-state index in [4.69, 9.17) is 10.00 Å². The number of ether oxygens (including phenoxy) is 1. The number of carbonyl (C=O) groups is 1. The molecule has 0 spiro atoms. The lowest BCUT2D eigenvalue weighted by molar-refractivity contribution is 0.0636. The number of nitrogens with one attached hydrogen (secondary N) is 1. The van der Waals surface area contributed by atoms with Crippen LogP contribution in [0.2, 0.25) is 0 Å². The van der Waals surface area contributed by atoms with Crippen molar-refractivity contribution in [3.05, 3.63) is 29.6 Å². The minimum Gasteiger partial charge on any atom is -0.444 e. The molecule has 1 N–H and O–H groups in total. The average Bonchev–Trinajstić information content (AvgIpc) is 3.10. The normalized spacial score (nSPS) is 16.1. The predicted octanol–water partition coefficient (Wildman–Crippen LogP) is 3.73. The van der Waals surface area contributed by atoms with E-state index in [9.17, 15) is 9.18 Å². The molecule has 1 aromatic rings. The third-order valence-electron chi connectivity index (χ3n) is 3.09. The van der Waals surface area contributed by atoms with Crippen LogP contribution in [-0.4, -0.2) is 11.7 Å². The number of rotatable bonds is 2. The third kappa shape index (κ3) is 3.08. The van der Waals surface area contributed by atoms with Gasteiger partial charge in [0.05, 0.1) is 11.5 Å². The Labute approximate surface area is 117 Å². The maximum atomic E-state index is 13.8. The molecule has 1 aliphatic rings. The van der Waals surface area contributed by atoms with Crippen molar-refractivity contribution >= 4 is 11.8 Å². The fourth-order valence-corrected chi connectivity index (χ4v) is 1.96. The second kappa shape index (κ2) is 4.78. The van der Waals surface area contributed by atoms with E-state index in [1.807, 2.05) is 0 Å². The van der Waals surface area contributed by atoms with Gasteiger partial charge in [0, 0.05) is 11.3 Å². The fourth-order valence-electron chi connectivity index (χ4n) is 1.96. The van der Waals surface area contributed by atoms with Gasteiger partial charge in [-0.05, 0) is 51.8 Å². The van der Waals surface area contributed by atoms with E-state index in [1.54, 1.807) is 20.8 Å². The zero-order valence-electron chi connectivity index (χ0n) is 11.8. The van der Waals surface area contributed by atoms with Crippen LogP contribution in [0.1, 0.15) is 39.2 Å². The van der Waals surface area contributed by atoms with Gasteiger partial charge in [0.2, 0.25) is 0 Å². The predicted molar refractivity (Wildman–Crippen MR) is 72.8 cm³/mol. The lowest BCUT2D eigenvalue weighted by Gasteiger charge is -2.20. The first-order valence-electron chi connectivity index (χ1n) is 6.47. The number of hydrogen-bond donors (Lipinski definition) is 1. The largest absolute Gasteiger partial charge is 0.444 e. The number of nitrogens with zero attached hydrogens (tertiary/aromatic N) is 1. The molecule has 0 bridgehead atoms. The number of nitriles is 1. The summed E-state index contributed by atoms with van der Waals surface area (Å²) in [6.45, 7) is 5.28. The molecule has 0 aromatic heterocycles. The van der Waals surface area contributed by atoms with Crippen molar-refractivity contribution in [2.75, 3.05) is 5.32 Å². The molecule has 0 heterocycles. The molecule has 5 heteroatoms. The molecular weight excluding hydrogens is 259 g/mol. The van der Waals surface area contributed by atoms with Crippen LogP contribution in [0, 0.1) is 17.1 Å². The molecule has 0 atom stereocenters. The molecule has 20 heavy (non-hydrogen) atoms. The molecule has 1 aliphatic carbocycles. The summed E-state index contributed by atoms with van der Waals surface area (Å²) in [5.41, 5.74) is -0.557. The zero-order chi connectivity index (χ0) is 15.0. The number of halogens is 1. The number of benzene rings is 1. The number of amides is 1. The Balaban J connectivity index is 2.17. The fraction of sp³-hybridized carbons (Fsp3) is 0.467. The highest BCUT2D eigenvalue weighted by atomic mass is 19.1. The highest BCUT2D eigenvalue weighted by Gasteiger charge is 2.46. The van der Waals surface area contributed by atoms with Crippen LogP contribution in [0.4, 0.5) is 14.9 Å². The Morgan fingerprint density at radius 1 is 1.45 bits per heavy atom. The molecule has 1 aromatic carbocycles. The van der Waals surface area contributed by atoms with Crippen molar-refractivity contribution in [2.24, 2.45) is 0 Å². The van der Waals surface area contributed by atoms with Crippen molar-refractivity contribution in [1.29, 1.82) is 5.26 Å². The molecule has 4 nitrogen and oxygen atoms in total. The monoisotopic (exact) mass is 276 g/mol. The van der Waals surface area contributed by atoms with Crippen molar-refractivity contribution in [3.8, 4) is 6.07 Å². The number of anilines is 1. The van der Waals surface area contributed by atoms with Crippen LogP contribution >= 0.6 is 0 Å². The van der Waals surface area contributed by atoms with Crippen LogP contribution in [0.3, 0.4) is 0 Å². The summed E-state index contributed by atoms with van der Waals surface area (Å²) in [5.74, 6) is -0.418. The van der Waals surface area contributed by atoms with Crippen LogP contribution in [0.5, 0.6) is 0 Å². The zero-order valence-corrected chi connectivity index (χ0v) is 11.8. The SMILES string of the molecule is CC(C)(C)OC(=O)Nc1ccc(F)c(C2(C#N)CC2)c1.